The molecule has 16 heavy (non-hydrogen) atoms. The third kappa shape index (κ3) is 6.21. The molecular formula is C12H22ClNO2. The zero-order valence-corrected chi connectivity index (χ0v) is 10.6. The van der Waals surface area contributed by atoms with E-state index < -0.39 is 0 Å². The summed E-state index contributed by atoms with van der Waals surface area (Å²) in [6.45, 7) is 0.509. The van der Waals surface area contributed by atoms with E-state index in [0.717, 1.165) is 32.1 Å². The molecule has 0 spiro atoms. The van der Waals surface area contributed by atoms with Gasteiger partial charge < -0.3 is 10.1 Å². The molecule has 1 N–H and O–H groups in total. The van der Waals surface area contributed by atoms with Crippen molar-refractivity contribution >= 4 is 17.7 Å². The van der Waals surface area contributed by atoms with Gasteiger partial charge in [-0.1, -0.05) is 19.3 Å². The predicted octanol–water partition coefficient (Wildman–Crippen LogP) is 3.45. The van der Waals surface area contributed by atoms with E-state index in [-0.39, 0.29) is 6.09 Å². The number of ether oxygens (including phenoxy) is 1. The van der Waals surface area contributed by atoms with Gasteiger partial charge in [0.05, 0.1) is 6.61 Å². The maximum absolute atomic E-state index is 11.4. The van der Waals surface area contributed by atoms with Crippen LogP contribution in [0.5, 0.6) is 0 Å². The van der Waals surface area contributed by atoms with Gasteiger partial charge >= 0.3 is 6.09 Å². The Morgan fingerprint density at radius 2 is 1.94 bits per heavy atom. The fourth-order valence-electron chi connectivity index (χ4n) is 1.99. The van der Waals surface area contributed by atoms with Crippen LogP contribution in [0.1, 0.15) is 51.4 Å². The van der Waals surface area contributed by atoms with E-state index in [1.54, 1.807) is 0 Å². The summed E-state index contributed by atoms with van der Waals surface area (Å²) in [5, 5.41) is 2.92. The second-order valence-corrected chi connectivity index (χ2v) is 4.74. The monoisotopic (exact) mass is 247 g/mol. The van der Waals surface area contributed by atoms with Crippen LogP contribution in [-0.2, 0) is 4.74 Å². The van der Waals surface area contributed by atoms with Gasteiger partial charge in [-0.15, -0.1) is 11.6 Å². The van der Waals surface area contributed by atoms with Gasteiger partial charge in [0.2, 0.25) is 0 Å². The molecule has 3 nitrogen and oxygen atoms in total. The first kappa shape index (κ1) is 13.6. The topological polar surface area (TPSA) is 38.3 Å². The van der Waals surface area contributed by atoms with Crippen LogP contribution in [0.3, 0.4) is 0 Å². The molecule has 1 aliphatic carbocycles. The number of rotatable bonds is 6. The minimum atomic E-state index is -0.252. The third-order valence-corrected chi connectivity index (χ3v) is 3.21. The lowest BCUT2D eigenvalue weighted by Gasteiger charge is -2.22. The second kappa shape index (κ2) is 8.68. The van der Waals surface area contributed by atoms with Crippen molar-refractivity contribution in [1.29, 1.82) is 0 Å². The van der Waals surface area contributed by atoms with Gasteiger partial charge in [0.1, 0.15) is 0 Å². The van der Waals surface area contributed by atoms with Crippen LogP contribution in [-0.4, -0.2) is 24.6 Å². The smallest absolute Gasteiger partial charge is 0.407 e. The van der Waals surface area contributed by atoms with Crippen LogP contribution in [0.15, 0.2) is 0 Å². The fourth-order valence-corrected chi connectivity index (χ4v) is 2.18. The lowest BCUT2D eigenvalue weighted by atomic mass is 9.96. The molecule has 94 valence electrons. The Balaban J connectivity index is 1.97. The van der Waals surface area contributed by atoms with Gasteiger partial charge in [-0.05, 0) is 32.1 Å². The van der Waals surface area contributed by atoms with E-state index in [1.807, 2.05) is 0 Å². The maximum atomic E-state index is 11.4. The average Bonchev–Trinajstić information content (AvgIpc) is 2.30. The number of nitrogens with one attached hydrogen (secondary N) is 1. The number of amides is 1. The summed E-state index contributed by atoms with van der Waals surface area (Å²) < 4.78 is 5.10. The molecule has 4 heteroatoms. The Labute approximate surface area is 103 Å². The van der Waals surface area contributed by atoms with Crippen molar-refractivity contribution in [2.24, 2.45) is 0 Å². The first-order valence-corrected chi connectivity index (χ1v) is 6.85. The van der Waals surface area contributed by atoms with E-state index in [4.69, 9.17) is 16.3 Å². The molecule has 1 amide bonds. The van der Waals surface area contributed by atoms with Gasteiger partial charge in [-0.2, -0.15) is 0 Å². The minimum absolute atomic E-state index is 0.252. The zero-order valence-electron chi connectivity index (χ0n) is 9.84. The fraction of sp³-hybridized carbons (Fsp3) is 0.917. The zero-order chi connectivity index (χ0) is 11.6. The van der Waals surface area contributed by atoms with Crippen molar-refractivity contribution in [2.75, 3.05) is 12.5 Å². The van der Waals surface area contributed by atoms with Crippen molar-refractivity contribution in [3.63, 3.8) is 0 Å². The van der Waals surface area contributed by atoms with Crippen LogP contribution in [0.25, 0.3) is 0 Å². The molecule has 1 fully saturated rings. The molecule has 1 aliphatic rings. The summed E-state index contributed by atoms with van der Waals surface area (Å²) in [5.41, 5.74) is 0. The molecule has 0 aromatic rings. The Morgan fingerprint density at radius 3 is 2.62 bits per heavy atom. The SMILES string of the molecule is O=C(NC1CCCCC1)OCCCCCCl. The Morgan fingerprint density at radius 1 is 1.19 bits per heavy atom. The summed E-state index contributed by atoms with van der Waals surface area (Å²) in [5.74, 6) is 0.689. The summed E-state index contributed by atoms with van der Waals surface area (Å²) in [4.78, 5) is 11.4. The quantitative estimate of drug-likeness (QED) is 0.577. The largest absolute Gasteiger partial charge is 0.450 e. The predicted molar refractivity (Wildman–Crippen MR) is 65.9 cm³/mol. The van der Waals surface area contributed by atoms with Crippen molar-refractivity contribution < 1.29 is 9.53 Å². The molecule has 0 unspecified atom stereocenters. The van der Waals surface area contributed by atoms with E-state index >= 15 is 0 Å². The number of hydrogen-bond acceptors (Lipinski definition) is 2. The number of carbonyl (C=O) groups excluding carboxylic acids is 1. The van der Waals surface area contributed by atoms with Crippen LogP contribution in [0.4, 0.5) is 4.79 Å². The van der Waals surface area contributed by atoms with Crippen molar-refractivity contribution in [3.8, 4) is 0 Å². The maximum Gasteiger partial charge on any atom is 0.407 e. The Kier molecular flexibility index (Phi) is 7.39. The number of alkyl halides is 1. The highest BCUT2D eigenvalue weighted by atomic mass is 35.5. The molecule has 1 saturated carbocycles. The Hall–Kier alpha value is -0.440. The number of halogens is 1. The van der Waals surface area contributed by atoms with Gasteiger partial charge in [0.15, 0.2) is 0 Å². The minimum Gasteiger partial charge on any atom is -0.450 e. The molecule has 1 rings (SSSR count). The van der Waals surface area contributed by atoms with Gasteiger partial charge in [0.25, 0.3) is 0 Å². The molecule has 0 aromatic heterocycles. The van der Waals surface area contributed by atoms with Crippen LogP contribution < -0.4 is 5.32 Å². The highest BCUT2D eigenvalue weighted by Gasteiger charge is 2.15. The Bertz CT molecular complexity index is 193. The highest BCUT2D eigenvalue weighted by molar-refractivity contribution is 6.17. The summed E-state index contributed by atoms with van der Waals surface area (Å²) in [6.07, 6.45) is 8.62. The molecule has 0 radical (unpaired) electrons. The van der Waals surface area contributed by atoms with Crippen molar-refractivity contribution in [3.05, 3.63) is 0 Å². The molecule has 0 bridgehead atoms. The van der Waals surface area contributed by atoms with Gasteiger partial charge in [0, 0.05) is 11.9 Å². The molecule has 0 aliphatic heterocycles. The van der Waals surface area contributed by atoms with Crippen molar-refractivity contribution in [2.45, 2.75) is 57.4 Å². The molecule has 0 atom stereocenters. The van der Waals surface area contributed by atoms with Crippen LogP contribution in [0.2, 0.25) is 0 Å². The second-order valence-electron chi connectivity index (χ2n) is 4.36. The highest BCUT2D eigenvalue weighted by Crippen LogP contribution is 2.17. The normalized spacial score (nSPS) is 17.1. The van der Waals surface area contributed by atoms with E-state index in [0.29, 0.717) is 18.5 Å². The standard InChI is InChI=1S/C12H22ClNO2/c13-9-5-2-6-10-16-12(15)14-11-7-3-1-4-8-11/h11H,1-10H2,(H,14,15). The van der Waals surface area contributed by atoms with E-state index in [2.05, 4.69) is 5.32 Å². The summed E-state index contributed by atoms with van der Waals surface area (Å²) in [6, 6.07) is 0.337. The molecular weight excluding hydrogens is 226 g/mol. The first-order chi connectivity index (χ1) is 7.83. The lowest BCUT2D eigenvalue weighted by molar-refractivity contribution is 0.137. The summed E-state index contributed by atoms with van der Waals surface area (Å²) >= 11 is 5.55. The van der Waals surface area contributed by atoms with Crippen LogP contribution in [0, 0.1) is 0 Å². The lowest BCUT2D eigenvalue weighted by Crippen LogP contribution is -2.36. The number of alkyl carbamates (subject to hydrolysis) is 1. The number of unbranched alkanes of at least 4 members (excludes halogenated alkanes) is 2. The number of hydrogen-bond donors (Lipinski definition) is 1. The summed E-state index contributed by atoms with van der Waals surface area (Å²) in [7, 11) is 0. The van der Waals surface area contributed by atoms with E-state index in [1.165, 1.54) is 19.3 Å². The van der Waals surface area contributed by atoms with Gasteiger partial charge in [-0.3, -0.25) is 0 Å². The third-order valence-electron chi connectivity index (χ3n) is 2.94. The molecule has 0 heterocycles. The van der Waals surface area contributed by atoms with Crippen LogP contribution >= 0.6 is 11.6 Å². The molecule has 0 saturated heterocycles. The molecule has 0 aromatic carbocycles. The number of carbonyl (C=O) groups is 1. The van der Waals surface area contributed by atoms with Gasteiger partial charge in [-0.25, -0.2) is 4.79 Å². The first-order valence-electron chi connectivity index (χ1n) is 6.32. The van der Waals surface area contributed by atoms with Crippen molar-refractivity contribution in [1.82, 2.24) is 5.32 Å². The van der Waals surface area contributed by atoms with E-state index in [9.17, 15) is 4.79 Å². The average molecular weight is 248 g/mol.